The maximum atomic E-state index is 11.0. The highest BCUT2D eigenvalue weighted by molar-refractivity contribution is 7.90. The lowest BCUT2D eigenvalue weighted by atomic mass is 10.2. The molecule has 0 radical (unpaired) electrons. The van der Waals surface area contributed by atoms with E-state index < -0.39 is 9.84 Å². The normalized spacial score (nSPS) is 11.9. The summed E-state index contributed by atoms with van der Waals surface area (Å²) in [7, 11) is -2.90. The van der Waals surface area contributed by atoms with Crippen molar-refractivity contribution in [2.24, 2.45) is 0 Å². The fraction of sp³-hybridized carbons (Fsp3) is 0.727. The number of aryl methyl sites for hydroxylation is 2. The Morgan fingerprint density at radius 2 is 1.94 bits per heavy atom. The van der Waals surface area contributed by atoms with Crippen molar-refractivity contribution in [2.75, 3.05) is 17.7 Å². The quantitative estimate of drug-likeness (QED) is 0.827. The predicted molar refractivity (Wildman–Crippen MR) is 69.7 cm³/mol. The monoisotopic (exact) mass is 259 g/mol. The smallest absolute Gasteiger partial charge is 0.147 e. The van der Waals surface area contributed by atoms with Crippen molar-refractivity contribution in [3.8, 4) is 0 Å². The van der Waals surface area contributed by atoms with Crippen LogP contribution in [0.1, 0.15) is 31.7 Å². The van der Waals surface area contributed by atoms with E-state index in [9.17, 15) is 8.42 Å². The van der Waals surface area contributed by atoms with Gasteiger partial charge in [0.2, 0.25) is 0 Å². The zero-order valence-corrected chi connectivity index (χ0v) is 11.5. The summed E-state index contributed by atoms with van der Waals surface area (Å²) in [5.74, 6) is 0.192. The molecule has 0 saturated carbocycles. The Bertz CT molecular complexity index is 477. The minimum atomic E-state index is -2.90. The molecule has 0 aliphatic heterocycles. The molecule has 2 N–H and O–H groups in total. The number of nitrogen functional groups attached to an aromatic ring is 1. The Labute approximate surface area is 103 Å². The Balaban J connectivity index is 2.77. The summed E-state index contributed by atoms with van der Waals surface area (Å²) in [5.41, 5.74) is 8.65. The van der Waals surface area contributed by atoms with E-state index in [2.05, 4.69) is 5.10 Å². The number of aromatic nitrogens is 2. The van der Waals surface area contributed by atoms with Gasteiger partial charge in [-0.25, -0.2) is 8.42 Å². The minimum absolute atomic E-state index is 0.192. The Morgan fingerprint density at radius 1 is 1.29 bits per heavy atom. The highest BCUT2D eigenvalue weighted by atomic mass is 32.2. The van der Waals surface area contributed by atoms with Crippen LogP contribution in [0.3, 0.4) is 0 Å². The largest absolute Gasteiger partial charge is 0.396 e. The van der Waals surface area contributed by atoms with Gasteiger partial charge in [0.25, 0.3) is 0 Å². The first kappa shape index (κ1) is 14.0. The van der Waals surface area contributed by atoms with Crippen LogP contribution in [0.5, 0.6) is 0 Å². The molecule has 0 saturated heterocycles. The molecule has 5 nitrogen and oxygen atoms in total. The Hall–Kier alpha value is -1.04. The number of nitrogens with zero attached hydrogens (tertiary/aromatic N) is 2. The van der Waals surface area contributed by atoms with E-state index in [1.54, 1.807) is 0 Å². The lowest BCUT2D eigenvalue weighted by Crippen LogP contribution is -2.10. The average molecular weight is 259 g/mol. The molecule has 1 aromatic heterocycles. The summed E-state index contributed by atoms with van der Waals surface area (Å²) in [4.78, 5) is 0. The van der Waals surface area contributed by atoms with Gasteiger partial charge in [-0.15, -0.1) is 0 Å². The van der Waals surface area contributed by atoms with Crippen LogP contribution in [0.2, 0.25) is 0 Å². The van der Waals surface area contributed by atoms with E-state index in [0.29, 0.717) is 13.0 Å². The molecule has 17 heavy (non-hydrogen) atoms. The van der Waals surface area contributed by atoms with Gasteiger partial charge in [0.05, 0.1) is 22.8 Å². The molecule has 0 amide bonds. The first-order chi connectivity index (χ1) is 7.89. The predicted octanol–water partition coefficient (Wildman–Crippen LogP) is 1.02. The first-order valence-corrected chi connectivity index (χ1v) is 7.96. The number of rotatable bonds is 6. The molecule has 98 valence electrons. The summed E-state index contributed by atoms with van der Waals surface area (Å²) >= 11 is 0. The van der Waals surface area contributed by atoms with E-state index in [0.717, 1.165) is 29.9 Å². The molecule has 0 aliphatic carbocycles. The fourth-order valence-corrected chi connectivity index (χ4v) is 2.51. The van der Waals surface area contributed by atoms with Crippen LogP contribution in [0.15, 0.2) is 0 Å². The summed E-state index contributed by atoms with van der Waals surface area (Å²) in [6.45, 7) is 4.65. The van der Waals surface area contributed by atoms with Crippen molar-refractivity contribution >= 4 is 15.5 Å². The van der Waals surface area contributed by atoms with Crippen LogP contribution in [0.4, 0.5) is 5.69 Å². The van der Waals surface area contributed by atoms with Gasteiger partial charge in [-0.1, -0.05) is 13.8 Å². The van der Waals surface area contributed by atoms with E-state index >= 15 is 0 Å². The van der Waals surface area contributed by atoms with Crippen molar-refractivity contribution in [2.45, 2.75) is 39.7 Å². The molecule has 0 spiro atoms. The SMILES string of the molecule is CCc1nn(CCCS(C)(=O)=O)c(CC)c1N. The third-order valence-corrected chi connectivity index (χ3v) is 3.76. The Morgan fingerprint density at radius 3 is 2.41 bits per heavy atom. The summed E-state index contributed by atoms with van der Waals surface area (Å²) in [5, 5.41) is 4.42. The van der Waals surface area contributed by atoms with Crippen LogP contribution >= 0.6 is 0 Å². The number of nitrogens with two attached hydrogens (primary N) is 1. The van der Waals surface area contributed by atoms with Crippen molar-refractivity contribution in [3.05, 3.63) is 11.4 Å². The second-order valence-corrected chi connectivity index (χ2v) is 6.48. The highest BCUT2D eigenvalue weighted by Crippen LogP contribution is 2.18. The third kappa shape index (κ3) is 3.73. The second-order valence-electron chi connectivity index (χ2n) is 4.22. The van der Waals surface area contributed by atoms with Crippen LogP contribution < -0.4 is 5.73 Å². The Kier molecular flexibility index (Phi) is 4.56. The minimum Gasteiger partial charge on any atom is -0.396 e. The second kappa shape index (κ2) is 5.53. The molecule has 1 rings (SSSR count). The maximum Gasteiger partial charge on any atom is 0.147 e. The lowest BCUT2D eigenvalue weighted by molar-refractivity contribution is 0.559. The number of hydrogen-bond acceptors (Lipinski definition) is 4. The van der Waals surface area contributed by atoms with Crippen LogP contribution in [-0.4, -0.2) is 30.2 Å². The van der Waals surface area contributed by atoms with Gasteiger partial charge in [-0.3, -0.25) is 4.68 Å². The van der Waals surface area contributed by atoms with Gasteiger partial charge in [-0.05, 0) is 19.3 Å². The zero-order valence-electron chi connectivity index (χ0n) is 10.7. The van der Waals surface area contributed by atoms with Gasteiger partial charge in [0.15, 0.2) is 0 Å². The zero-order chi connectivity index (χ0) is 13.1. The van der Waals surface area contributed by atoms with Gasteiger partial charge in [0, 0.05) is 12.8 Å². The molecule has 0 unspecified atom stereocenters. The molecular weight excluding hydrogens is 238 g/mol. The summed E-state index contributed by atoms with van der Waals surface area (Å²) in [6, 6.07) is 0. The van der Waals surface area contributed by atoms with E-state index in [1.165, 1.54) is 6.26 Å². The lowest BCUT2D eigenvalue weighted by Gasteiger charge is -2.05. The average Bonchev–Trinajstić information content (AvgIpc) is 2.53. The van der Waals surface area contributed by atoms with Crippen LogP contribution in [0.25, 0.3) is 0 Å². The number of anilines is 1. The van der Waals surface area contributed by atoms with Crippen molar-refractivity contribution in [3.63, 3.8) is 0 Å². The number of sulfone groups is 1. The molecule has 0 aliphatic rings. The van der Waals surface area contributed by atoms with Crippen molar-refractivity contribution in [1.29, 1.82) is 0 Å². The van der Waals surface area contributed by atoms with Crippen molar-refractivity contribution < 1.29 is 8.42 Å². The van der Waals surface area contributed by atoms with Gasteiger partial charge in [-0.2, -0.15) is 5.10 Å². The fourth-order valence-electron chi connectivity index (χ4n) is 1.86. The van der Waals surface area contributed by atoms with Crippen LogP contribution in [0, 0.1) is 0 Å². The number of hydrogen-bond donors (Lipinski definition) is 1. The standard InChI is InChI=1S/C11H21N3O2S/c1-4-9-11(12)10(5-2)14(13-9)7-6-8-17(3,15)16/h4-8,12H2,1-3H3. The summed E-state index contributed by atoms with van der Waals surface area (Å²) in [6.07, 6.45) is 3.45. The van der Waals surface area contributed by atoms with Gasteiger partial charge in [0.1, 0.15) is 9.84 Å². The topological polar surface area (TPSA) is 78.0 Å². The maximum absolute atomic E-state index is 11.0. The molecule has 1 heterocycles. The van der Waals surface area contributed by atoms with Gasteiger partial charge >= 0.3 is 0 Å². The first-order valence-electron chi connectivity index (χ1n) is 5.90. The highest BCUT2D eigenvalue weighted by Gasteiger charge is 2.12. The van der Waals surface area contributed by atoms with Crippen LogP contribution in [-0.2, 0) is 29.2 Å². The molecule has 0 bridgehead atoms. The molecule has 0 aromatic carbocycles. The molecule has 0 atom stereocenters. The molecular formula is C11H21N3O2S. The van der Waals surface area contributed by atoms with E-state index in [1.807, 2.05) is 18.5 Å². The van der Waals surface area contributed by atoms with E-state index in [-0.39, 0.29) is 5.75 Å². The molecule has 6 heteroatoms. The summed E-state index contributed by atoms with van der Waals surface area (Å²) < 4.78 is 23.9. The van der Waals surface area contributed by atoms with E-state index in [4.69, 9.17) is 5.73 Å². The van der Waals surface area contributed by atoms with Gasteiger partial charge < -0.3 is 5.73 Å². The van der Waals surface area contributed by atoms with Crippen molar-refractivity contribution in [1.82, 2.24) is 9.78 Å². The molecule has 1 aromatic rings. The molecule has 0 fully saturated rings. The third-order valence-electron chi connectivity index (χ3n) is 2.73.